The zero-order chi connectivity index (χ0) is 12.8. The lowest BCUT2D eigenvalue weighted by Crippen LogP contribution is -2.38. The van der Waals surface area contributed by atoms with Gasteiger partial charge < -0.3 is 5.32 Å². The van der Waals surface area contributed by atoms with Crippen molar-refractivity contribution in [2.45, 2.75) is 24.6 Å². The monoisotopic (exact) mass is 253 g/mol. The highest BCUT2D eigenvalue weighted by atomic mass is 19.4. The molecule has 0 aliphatic heterocycles. The predicted octanol–water partition coefficient (Wildman–Crippen LogP) is 3.14. The smallest absolute Gasteiger partial charge is 0.355 e. The first-order chi connectivity index (χ1) is 8.50. The molecule has 18 heavy (non-hydrogen) atoms. The third-order valence-electron chi connectivity index (χ3n) is 3.11. The zero-order valence-corrected chi connectivity index (χ0v) is 9.33. The van der Waals surface area contributed by atoms with Crippen molar-refractivity contribution in [3.8, 4) is 0 Å². The van der Waals surface area contributed by atoms with E-state index in [9.17, 15) is 13.2 Å². The Labute approximate surface area is 101 Å². The average Bonchev–Trinajstić information content (AvgIpc) is 3.09. The van der Waals surface area contributed by atoms with Gasteiger partial charge in [-0.1, -0.05) is 12.1 Å². The first-order valence-corrected chi connectivity index (χ1v) is 5.57. The summed E-state index contributed by atoms with van der Waals surface area (Å²) in [6, 6.07) is 7.07. The molecule has 0 spiro atoms. The van der Waals surface area contributed by atoms with E-state index in [1.54, 1.807) is 18.2 Å². The molecule has 0 bridgehead atoms. The number of anilines is 1. The molecule has 3 nitrogen and oxygen atoms in total. The maximum atomic E-state index is 12.8. The molecule has 0 unspecified atom stereocenters. The van der Waals surface area contributed by atoms with Gasteiger partial charge >= 0.3 is 6.18 Å². The maximum Gasteiger partial charge on any atom is 0.411 e. The minimum absolute atomic E-state index is 0.0883. The Hall–Kier alpha value is -1.85. The topological polar surface area (TPSA) is 37.8 Å². The summed E-state index contributed by atoms with van der Waals surface area (Å²) in [6.07, 6.45) is -2.73. The SMILES string of the molecule is FC(F)(F)C1(Nc2cnc3ccccc3n2)CC1. The minimum atomic E-state index is -4.25. The molecule has 3 rings (SSSR count). The van der Waals surface area contributed by atoms with Crippen LogP contribution < -0.4 is 5.32 Å². The summed E-state index contributed by atoms with van der Waals surface area (Å²) in [5.41, 5.74) is -0.551. The highest BCUT2D eigenvalue weighted by Crippen LogP contribution is 2.50. The molecule has 1 aliphatic rings. The molecule has 0 saturated heterocycles. The largest absolute Gasteiger partial charge is 0.411 e. The number of para-hydroxylation sites is 2. The van der Waals surface area contributed by atoms with Crippen LogP contribution in [0.2, 0.25) is 0 Å². The van der Waals surface area contributed by atoms with Gasteiger partial charge in [0, 0.05) is 0 Å². The van der Waals surface area contributed by atoms with Gasteiger partial charge in [0.05, 0.1) is 17.2 Å². The highest BCUT2D eigenvalue weighted by Gasteiger charge is 2.63. The van der Waals surface area contributed by atoms with Gasteiger partial charge in [0.15, 0.2) is 0 Å². The van der Waals surface area contributed by atoms with Crippen LogP contribution in [0.1, 0.15) is 12.8 Å². The number of nitrogens with zero attached hydrogens (tertiary/aromatic N) is 2. The number of halogens is 3. The lowest BCUT2D eigenvalue weighted by atomic mass is 10.2. The molecule has 94 valence electrons. The Morgan fingerprint density at radius 2 is 1.78 bits per heavy atom. The van der Waals surface area contributed by atoms with Gasteiger partial charge in [-0.3, -0.25) is 4.98 Å². The number of alkyl halides is 3. The molecule has 0 radical (unpaired) electrons. The summed E-state index contributed by atoms with van der Waals surface area (Å²) in [7, 11) is 0. The summed E-state index contributed by atoms with van der Waals surface area (Å²) in [5, 5.41) is 2.46. The van der Waals surface area contributed by atoms with E-state index in [1.165, 1.54) is 6.20 Å². The molecule has 0 amide bonds. The molecule has 1 heterocycles. The standard InChI is InChI=1S/C12H10F3N3/c13-12(14,15)11(5-6-11)18-10-7-16-8-3-1-2-4-9(8)17-10/h1-4,7H,5-6H2,(H,17,18). The summed E-state index contributed by atoms with van der Waals surface area (Å²) >= 11 is 0. The second-order valence-electron chi connectivity index (χ2n) is 4.45. The second-order valence-corrected chi connectivity index (χ2v) is 4.45. The molecule has 2 aromatic rings. The van der Waals surface area contributed by atoms with Gasteiger partial charge in [-0.05, 0) is 25.0 Å². The first kappa shape index (κ1) is 11.3. The van der Waals surface area contributed by atoms with Crippen LogP contribution in [0.25, 0.3) is 11.0 Å². The van der Waals surface area contributed by atoms with Gasteiger partial charge in [-0.15, -0.1) is 0 Å². The fourth-order valence-corrected chi connectivity index (χ4v) is 1.87. The fourth-order valence-electron chi connectivity index (χ4n) is 1.87. The van der Waals surface area contributed by atoms with Gasteiger partial charge in [0.2, 0.25) is 0 Å². The third kappa shape index (κ3) is 1.77. The Morgan fingerprint density at radius 1 is 1.11 bits per heavy atom. The van der Waals surface area contributed by atoms with Crippen LogP contribution >= 0.6 is 0 Å². The number of fused-ring (bicyclic) bond motifs is 1. The lowest BCUT2D eigenvalue weighted by Gasteiger charge is -2.21. The quantitative estimate of drug-likeness (QED) is 0.893. The number of nitrogens with one attached hydrogen (secondary N) is 1. The molecule has 6 heteroatoms. The summed E-state index contributed by atoms with van der Waals surface area (Å²) < 4.78 is 38.4. The Morgan fingerprint density at radius 3 is 2.39 bits per heavy atom. The normalized spacial score (nSPS) is 17.7. The molecule has 1 saturated carbocycles. The fraction of sp³-hybridized carbons (Fsp3) is 0.333. The number of hydrogen-bond donors (Lipinski definition) is 1. The van der Waals surface area contributed by atoms with E-state index in [0.717, 1.165) is 0 Å². The van der Waals surface area contributed by atoms with Crippen LogP contribution in [0.15, 0.2) is 30.5 Å². The number of rotatable bonds is 2. The molecule has 1 aromatic carbocycles. The number of aromatic nitrogens is 2. The molecule has 1 fully saturated rings. The van der Waals surface area contributed by atoms with Crippen LogP contribution in [0.5, 0.6) is 0 Å². The molecular weight excluding hydrogens is 243 g/mol. The molecule has 1 N–H and O–H groups in total. The van der Waals surface area contributed by atoms with Gasteiger partial charge in [-0.25, -0.2) is 4.98 Å². The van der Waals surface area contributed by atoms with E-state index in [4.69, 9.17) is 0 Å². The van der Waals surface area contributed by atoms with Crippen molar-refractivity contribution in [1.29, 1.82) is 0 Å². The van der Waals surface area contributed by atoms with Crippen LogP contribution in [0.4, 0.5) is 19.0 Å². The highest BCUT2D eigenvalue weighted by molar-refractivity contribution is 5.75. The van der Waals surface area contributed by atoms with E-state index in [2.05, 4.69) is 15.3 Å². The number of hydrogen-bond acceptors (Lipinski definition) is 3. The van der Waals surface area contributed by atoms with Crippen molar-refractivity contribution in [2.75, 3.05) is 5.32 Å². The minimum Gasteiger partial charge on any atom is -0.355 e. The van der Waals surface area contributed by atoms with Crippen LogP contribution in [0.3, 0.4) is 0 Å². The third-order valence-corrected chi connectivity index (χ3v) is 3.11. The van der Waals surface area contributed by atoms with Crippen LogP contribution in [0, 0.1) is 0 Å². The van der Waals surface area contributed by atoms with Crippen molar-refractivity contribution in [1.82, 2.24) is 9.97 Å². The molecule has 1 aliphatic carbocycles. The van der Waals surface area contributed by atoms with Crippen molar-refractivity contribution in [3.63, 3.8) is 0 Å². The summed E-state index contributed by atoms with van der Waals surface area (Å²) in [6.45, 7) is 0. The molecule has 1 aromatic heterocycles. The van der Waals surface area contributed by atoms with Crippen molar-refractivity contribution in [3.05, 3.63) is 30.5 Å². The van der Waals surface area contributed by atoms with E-state index < -0.39 is 11.7 Å². The van der Waals surface area contributed by atoms with E-state index >= 15 is 0 Å². The van der Waals surface area contributed by atoms with Crippen molar-refractivity contribution < 1.29 is 13.2 Å². The lowest BCUT2D eigenvalue weighted by molar-refractivity contribution is -0.151. The van der Waals surface area contributed by atoms with Gasteiger partial charge in [0.25, 0.3) is 0 Å². The molecular formula is C12H10F3N3. The summed E-state index contributed by atoms with van der Waals surface area (Å²) in [5.74, 6) is 0.170. The average molecular weight is 253 g/mol. The van der Waals surface area contributed by atoms with E-state index in [1.807, 2.05) is 6.07 Å². The molecule has 0 atom stereocenters. The Kier molecular flexibility index (Phi) is 2.23. The zero-order valence-electron chi connectivity index (χ0n) is 9.33. The Bertz CT molecular complexity index is 590. The summed E-state index contributed by atoms with van der Waals surface area (Å²) in [4.78, 5) is 8.22. The first-order valence-electron chi connectivity index (χ1n) is 5.57. The predicted molar refractivity (Wildman–Crippen MR) is 61.2 cm³/mol. The van der Waals surface area contributed by atoms with E-state index in [0.29, 0.717) is 11.0 Å². The van der Waals surface area contributed by atoms with Crippen LogP contribution in [-0.4, -0.2) is 21.7 Å². The van der Waals surface area contributed by atoms with Crippen molar-refractivity contribution in [2.24, 2.45) is 0 Å². The Balaban J connectivity index is 1.92. The van der Waals surface area contributed by atoms with Gasteiger partial charge in [-0.2, -0.15) is 13.2 Å². The van der Waals surface area contributed by atoms with Gasteiger partial charge in [0.1, 0.15) is 11.4 Å². The maximum absolute atomic E-state index is 12.8. The number of benzene rings is 1. The second kappa shape index (κ2) is 3.57. The van der Waals surface area contributed by atoms with E-state index in [-0.39, 0.29) is 18.7 Å². The van der Waals surface area contributed by atoms with Crippen LogP contribution in [-0.2, 0) is 0 Å². The van der Waals surface area contributed by atoms with Crippen molar-refractivity contribution >= 4 is 16.9 Å².